The first-order chi connectivity index (χ1) is 37.5. The molecule has 0 spiro atoms. The van der Waals surface area contributed by atoms with Gasteiger partial charge in [-0.15, -0.1) is 0 Å². The highest BCUT2D eigenvalue weighted by Crippen LogP contribution is 2.70. The van der Waals surface area contributed by atoms with E-state index in [1.165, 1.54) is 40.0 Å². The lowest BCUT2D eigenvalue weighted by molar-refractivity contribution is -0.318. The van der Waals surface area contributed by atoms with Crippen LogP contribution >= 0.6 is 0 Å². The standard InChI is InChI=1S/C60H98FN3O17/c1-16-43-58(13,74)47(68)35(7)63-50(70)30(2)27-56(11,73)49(33(5)46(34(6)51(71)79-43)80-44-29-57(12,76-15)48(69)36(8)78-44)81-52-45(67)41(25-32(4)77-52)64(14)23-17-22-62-53(72)60(75)31(3)24-40-39-19-18-37-26-38(65)20-21-54(37,9)59(39,61)42(66)28-55(40,60)10/h20-21,26,30-36,39-49,52,66-69,73-75H,16-19,22-25,27-29H2,1-15H3,(H,62,72)(H,63,70)/t30-,31-,32-,33-,34-,35-,36+,39?,40?,41+,42+,43-,44?,45-,46+,47-,48+,49-,52?,54+,55+,56-,57-,58-,59+,60+/m1/s1. The van der Waals surface area contributed by atoms with Crippen molar-refractivity contribution in [1.82, 2.24) is 15.5 Å². The van der Waals surface area contributed by atoms with E-state index in [-0.39, 0.29) is 38.0 Å². The number of ether oxygens (including phenoxy) is 6. The molecule has 2 amide bonds. The fourth-order valence-corrected chi connectivity index (χ4v) is 16.0. The molecular formula is C60H98FN3O17. The molecule has 7 aliphatic rings. The number of aliphatic hydroxyl groups excluding tert-OH is 4. The zero-order valence-electron chi connectivity index (χ0n) is 50.5. The highest BCUT2D eigenvalue weighted by Gasteiger charge is 2.76. The summed E-state index contributed by atoms with van der Waals surface area (Å²) < 4.78 is 55.7. The van der Waals surface area contributed by atoms with Gasteiger partial charge in [0.1, 0.15) is 30.0 Å². The van der Waals surface area contributed by atoms with Crippen LogP contribution in [0.25, 0.3) is 0 Å². The Bertz CT molecular complexity index is 2360. The first-order valence-electron chi connectivity index (χ1n) is 29.7. The number of esters is 1. The summed E-state index contributed by atoms with van der Waals surface area (Å²) in [6, 6.07) is -1.63. The van der Waals surface area contributed by atoms with Crippen LogP contribution in [0.1, 0.15) is 148 Å². The van der Waals surface area contributed by atoms with E-state index >= 15 is 4.39 Å². The van der Waals surface area contributed by atoms with E-state index in [1.807, 2.05) is 18.9 Å². The molecule has 3 aliphatic heterocycles. The summed E-state index contributed by atoms with van der Waals surface area (Å²) in [5.74, 6) is -6.97. The van der Waals surface area contributed by atoms with E-state index in [0.717, 1.165) is 0 Å². The third-order valence-electron chi connectivity index (χ3n) is 21.1. The van der Waals surface area contributed by atoms with Crippen molar-refractivity contribution in [2.45, 2.75) is 255 Å². The van der Waals surface area contributed by atoms with Gasteiger partial charge >= 0.3 is 5.97 Å². The summed E-state index contributed by atoms with van der Waals surface area (Å²) in [4.78, 5) is 57.1. The van der Waals surface area contributed by atoms with E-state index < -0.39 is 172 Å². The molecule has 0 aromatic carbocycles. The predicted octanol–water partition coefficient (Wildman–Crippen LogP) is 3.31. The molecular weight excluding hydrogens is 1050 g/mol. The van der Waals surface area contributed by atoms with Crippen molar-refractivity contribution in [2.75, 3.05) is 27.2 Å². The van der Waals surface area contributed by atoms with Crippen molar-refractivity contribution >= 4 is 23.6 Å². The van der Waals surface area contributed by atoms with Crippen molar-refractivity contribution in [3.8, 4) is 0 Å². The molecule has 4 aliphatic carbocycles. The third-order valence-corrected chi connectivity index (χ3v) is 21.1. The van der Waals surface area contributed by atoms with Gasteiger partial charge in [-0.1, -0.05) is 46.3 Å². The summed E-state index contributed by atoms with van der Waals surface area (Å²) >= 11 is 0. The number of amides is 2. The Hall–Kier alpha value is -3.03. The highest BCUT2D eigenvalue weighted by molar-refractivity contribution is 6.01. The number of nitrogens with zero attached hydrogens (tertiary/aromatic N) is 1. The van der Waals surface area contributed by atoms with Crippen molar-refractivity contribution in [2.24, 2.45) is 46.3 Å². The number of fused-ring (bicyclic) bond motifs is 5. The fraction of sp³-hybridized carbons (Fsp3) is 0.867. The molecule has 20 nitrogen and oxygen atoms in total. The quantitative estimate of drug-likeness (QED) is 0.100. The van der Waals surface area contributed by atoms with E-state index in [1.54, 1.807) is 68.4 Å². The van der Waals surface area contributed by atoms with Gasteiger partial charge in [0.25, 0.3) is 5.91 Å². The van der Waals surface area contributed by atoms with Gasteiger partial charge < -0.3 is 79.7 Å². The monoisotopic (exact) mass is 1150 g/mol. The molecule has 6 fully saturated rings. The van der Waals surface area contributed by atoms with Crippen molar-refractivity contribution in [1.29, 1.82) is 0 Å². The Labute approximate surface area is 478 Å². The molecule has 4 unspecified atom stereocenters. The Morgan fingerprint density at radius 3 is 2.21 bits per heavy atom. The lowest BCUT2D eigenvalue weighted by atomic mass is 9.44. The highest BCUT2D eigenvalue weighted by atomic mass is 19.1. The number of rotatable bonds is 12. The van der Waals surface area contributed by atoms with Crippen molar-refractivity contribution < 1.29 is 87.7 Å². The molecule has 0 bridgehead atoms. The minimum atomic E-state index is -2.11. The molecule has 9 N–H and O–H groups in total. The van der Waals surface area contributed by atoms with Gasteiger partial charge in [0.2, 0.25) is 5.91 Å². The number of alkyl halides is 1. The number of nitrogens with one attached hydrogen (secondary N) is 2. The van der Waals surface area contributed by atoms with Crippen LogP contribution in [0, 0.1) is 46.3 Å². The van der Waals surface area contributed by atoms with Gasteiger partial charge in [-0.3, -0.25) is 19.2 Å². The summed E-state index contributed by atoms with van der Waals surface area (Å²) in [7, 11) is 3.27. The lowest BCUT2D eigenvalue weighted by Crippen LogP contribution is -2.70. The van der Waals surface area contributed by atoms with Crippen LogP contribution in [-0.2, 0) is 47.6 Å². The number of halogens is 1. The van der Waals surface area contributed by atoms with Crippen LogP contribution in [0.4, 0.5) is 4.39 Å². The molecule has 7 rings (SSSR count). The summed E-state index contributed by atoms with van der Waals surface area (Å²) in [5.41, 5.74) is -10.9. The average Bonchev–Trinajstić information content (AvgIpc) is 3.64. The molecule has 462 valence electrons. The Morgan fingerprint density at radius 1 is 0.901 bits per heavy atom. The first kappa shape index (κ1) is 65.5. The van der Waals surface area contributed by atoms with Gasteiger partial charge in [0.05, 0.1) is 53.7 Å². The second kappa shape index (κ2) is 24.0. The number of carbonyl (C=O) groups excluding carboxylic acids is 4. The number of aliphatic hydroxyl groups is 7. The van der Waals surface area contributed by atoms with E-state index in [2.05, 4.69) is 10.6 Å². The molecule has 21 heteroatoms. The zero-order chi connectivity index (χ0) is 60.5. The maximum Gasteiger partial charge on any atom is 0.311 e. The predicted molar refractivity (Wildman–Crippen MR) is 294 cm³/mol. The molecule has 0 aromatic heterocycles. The Kier molecular flexibility index (Phi) is 19.4. The van der Waals surface area contributed by atoms with Crippen LogP contribution in [0.3, 0.4) is 0 Å². The van der Waals surface area contributed by atoms with E-state index in [4.69, 9.17) is 28.4 Å². The summed E-state index contributed by atoms with van der Waals surface area (Å²) in [5, 5.41) is 89.6. The molecule has 81 heavy (non-hydrogen) atoms. The third kappa shape index (κ3) is 11.6. The summed E-state index contributed by atoms with van der Waals surface area (Å²) in [6.07, 6.45) is -7.08. The number of carbonyl (C=O) groups is 4. The van der Waals surface area contributed by atoms with Crippen LogP contribution < -0.4 is 10.6 Å². The maximum atomic E-state index is 17.8. The molecule has 0 aromatic rings. The SMILES string of the molecule is CC[C@H]1OC(=O)[C@H](C)[C@@H](OC2C[C@@](C)(OC)[C@@H](O)[C@H](C)O2)[C@@H](C)[C@@H](OC2O[C@H](C)C[C@H](N(C)CCCNC(=O)[C@@]3(O)[C@H](C)CC4C5CCC6=CC(=O)C=C[C@]6(C)[C@@]5(F)[C@@H](O)C[C@@]43C)[C@H]2O)[C@](C)(O)C[C@@H](C)C(=O)N[C@H](C)[C@@H](O)[C@]1(C)O. The van der Waals surface area contributed by atoms with Crippen LogP contribution in [0.2, 0.25) is 0 Å². The van der Waals surface area contributed by atoms with Crippen LogP contribution in [-0.4, -0.2) is 199 Å². The first-order valence-corrected chi connectivity index (χ1v) is 29.7. The van der Waals surface area contributed by atoms with E-state index in [0.29, 0.717) is 44.2 Å². The number of hydrogen-bond acceptors (Lipinski definition) is 18. The number of hydrogen-bond donors (Lipinski definition) is 9. The number of cyclic esters (lactones) is 1. The van der Waals surface area contributed by atoms with Crippen molar-refractivity contribution in [3.63, 3.8) is 0 Å². The second-order valence-corrected chi connectivity index (χ2v) is 26.9. The van der Waals surface area contributed by atoms with Gasteiger partial charge in [-0.2, -0.15) is 0 Å². The van der Waals surface area contributed by atoms with Crippen LogP contribution in [0.15, 0.2) is 23.8 Å². The smallest absolute Gasteiger partial charge is 0.311 e. The zero-order valence-corrected chi connectivity index (χ0v) is 50.5. The number of methoxy groups -OCH3 is 1. The second-order valence-electron chi connectivity index (χ2n) is 26.9. The summed E-state index contributed by atoms with van der Waals surface area (Å²) in [6.45, 7) is 21.8. The Balaban J connectivity index is 1.10. The van der Waals surface area contributed by atoms with Crippen LogP contribution in [0.5, 0.6) is 0 Å². The number of allylic oxidation sites excluding steroid dienone is 4. The molecule has 0 radical (unpaired) electrons. The topological polar surface area (TPSA) is 293 Å². The molecule has 3 heterocycles. The molecule has 26 atom stereocenters. The minimum Gasteiger partial charge on any atom is -0.459 e. The molecule has 3 saturated heterocycles. The largest absolute Gasteiger partial charge is 0.459 e. The molecule has 3 saturated carbocycles. The van der Waals surface area contributed by atoms with Gasteiger partial charge in [-0.25, -0.2) is 4.39 Å². The van der Waals surface area contributed by atoms with E-state index in [9.17, 15) is 54.9 Å². The Morgan fingerprint density at radius 2 is 1.57 bits per heavy atom. The minimum absolute atomic E-state index is 0.0165. The average molecular weight is 1150 g/mol. The maximum absolute atomic E-state index is 17.8. The fourth-order valence-electron chi connectivity index (χ4n) is 16.0. The van der Waals surface area contributed by atoms with Gasteiger partial charge in [0, 0.05) is 54.7 Å². The number of ketones is 1. The number of likely N-dealkylation sites (N-methyl/N-ethyl adjacent to an activating group) is 1. The normalized spacial score (nSPS) is 50.0. The lowest BCUT2D eigenvalue weighted by Gasteiger charge is -2.62. The van der Waals surface area contributed by atoms with Crippen molar-refractivity contribution in [3.05, 3.63) is 23.8 Å². The van der Waals surface area contributed by atoms with Gasteiger partial charge in [-0.05, 0) is 144 Å². The van der Waals surface area contributed by atoms with Gasteiger partial charge in [0.15, 0.2) is 29.6 Å².